The van der Waals surface area contributed by atoms with E-state index < -0.39 is 0 Å². The minimum atomic E-state index is 0.0493. The zero-order valence-corrected chi connectivity index (χ0v) is 11.3. The van der Waals surface area contributed by atoms with Crippen molar-refractivity contribution in [2.24, 2.45) is 0 Å². The fourth-order valence-corrected chi connectivity index (χ4v) is 2.33. The van der Waals surface area contributed by atoms with Crippen molar-refractivity contribution in [2.45, 2.75) is 25.8 Å². The van der Waals surface area contributed by atoms with Crippen molar-refractivity contribution in [2.75, 3.05) is 18.0 Å². The Morgan fingerprint density at radius 1 is 1.47 bits per heavy atom. The Balaban J connectivity index is 1.93. The molecule has 5 nitrogen and oxygen atoms in total. The second kappa shape index (κ2) is 5.44. The first-order chi connectivity index (χ1) is 8.15. The number of nitrogens with one attached hydrogen (secondary N) is 1. The molecule has 1 fully saturated rings. The summed E-state index contributed by atoms with van der Waals surface area (Å²) in [6, 6.07) is 2.22. The fraction of sp³-hybridized carbons (Fsp3) is 0.545. The maximum Gasteiger partial charge on any atom is 0.217 e. The molecule has 1 aromatic rings. The summed E-state index contributed by atoms with van der Waals surface area (Å²) in [5.41, 5.74) is 0. The number of halogens is 1. The molecule has 1 aliphatic rings. The van der Waals surface area contributed by atoms with E-state index in [4.69, 9.17) is 0 Å². The molecule has 0 unspecified atom stereocenters. The number of aromatic nitrogens is 2. The Morgan fingerprint density at radius 3 is 2.76 bits per heavy atom. The molecule has 1 aliphatic heterocycles. The number of nitrogens with zero attached hydrogens (tertiary/aromatic N) is 3. The van der Waals surface area contributed by atoms with Crippen LogP contribution in [0.5, 0.6) is 0 Å². The van der Waals surface area contributed by atoms with E-state index in [-0.39, 0.29) is 5.91 Å². The number of rotatable bonds is 2. The third-order valence-corrected chi connectivity index (χ3v) is 3.28. The second-order valence-electron chi connectivity index (χ2n) is 4.16. The molecule has 1 saturated heterocycles. The highest BCUT2D eigenvalue weighted by atomic mass is 79.9. The van der Waals surface area contributed by atoms with Gasteiger partial charge in [-0.05, 0) is 28.8 Å². The average Bonchev–Trinajstić information content (AvgIpc) is 2.29. The first kappa shape index (κ1) is 12.3. The number of hydrogen-bond donors (Lipinski definition) is 1. The molecule has 0 saturated carbocycles. The first-order valence-electron chi connectivity index (χ1n) is 5.65. The Morgan fingerprint density at radius 2 is 2.18 bits per heavy atom. The van der Waals surface area contributed by atoms with Gasteiger partial charge in [0.2, 0.25) is 5.91 Å². The quantitative estimate of drug-likeness (QED) is 0.837. The van der Waals surface area contributed by atoms with Crippen molar-refractivity contribution >= 4 is 27.7 Å². The summed E-state index contributed by atoms with van der Waals surface area (Å²) in [5.74, 6) is 0.987. The number of carbonyl (C=O) groups is 1. The SMILES string of the molecule is CC(=O)NC1CCN(c2cc(Br)ncn2)CC1. The van der Waals surface area contributed by atoms with Gasteiger partial charge in [0.15, 0.2) is 0 Å². The molecule has 1 aromatic heterocycles. The molecule has 17 heavy (non-hydrogen) atoms. The van der Waals surface area contributed by atoms with E-state index in [9.17, 15) is 4.79 Å². The van der Waals surface area contributed by atoms with E-state index in [0.717, 1.165) is 36.4 Å². The largest absolute Gasteiger partial charge is 0.356 e. The molecule has 0 bridgehead atoms. The summed E-state index contributed by atoms with van der Waals surface area (Å²) in [5, 5.41) is 2.96. The minimum Gasteiger partial charge on any atom is -0.356 e. The molecule has 6 heteroatoms. The van der Waals surface area contributed by atoms with Gasteiger partial charge in [-0.15, -0.1) is 0 Å². The van der Waals surface area contributed by atoms with Crippen molar-refractivity contribution in [1.29, 1.82) is 0 Å². The predicted octanol–water partition coefficient (Wildman–Crippen LogP) is 1.34. The average molecular weight is 299 g/mol. The van der Waals surface area contributed by atoms with Crippen LogP contribution in [0, 0.1) is 0 Å². The van der Waals surface area contributed by atoms with Gasteiger partial charge in [-0.2, -0.15) is 0 Å². The number of carbonyl (C=O) groups excluding carboxylic acids is 1. The van der Waals surface area contributed by atoms with Gasteiger partial charge in [-0.25, -0.2) is 9.97 Å². The summed E-state index contributed by atoms with van der Waals surface area (Å²) in [6.45, 7) is 3.39. The molecule has 1 N–H and O–H groups in total. The van der Waals surface area contributed by atoms with Crippen molar-refractivity contribution in [1.82, 2.24) is 15.3 Å². The molecule has 1 amide bonds. The van der Waals surface area contributed by atoms with Crippen molar-refractivity contribution < 1.29 is 4.79 Å². The number of anilines is 1. The number of amides is 1. The van der Waals surface area contributed by atoms with Gasteiger partial charge in [0.05, 0.1) is 0 Å². The number of piperidine rings is 1. The Labute approximate surface area is 109 Å². The summed E-state index contributed by atoms with van der Waals surface area (Å²) in [6.07, 6.45) is 3.47. The first-order valence-corrected chi connectivity index (χ1v) is 6.44. The molecule has 2 heterocycles. The molecular weight excluding hydrogens is 284 g/mol. The highest BCUT2D eigenvalue weighted by molar-refractivity contribution is 9.10. The topological polar surface area (TPSA) is 58.1 Å². The van der Waals surface area contributed by atoms with Crippen LogP contribution in [0.25, 0.3) is 0 Å². The van der Waals surface area contributed by atoms with Crippen LogP contribution in [-0.4, -0.2) is 35.0 Å². The van der Waals surface area contributed by atoms with Gasteiger partial charge < -0.3 is 10.2 Å². The molecule has 0 aromatic carbocycles. The lowest BCUT2D eigenvalue weighted by molar-refractivity contribution is -0.119. The van der Waals surface area contributed by atoms with Crippen LogP contribution in [0.3, 0.4) is 0 Å². The van der Waals surface area contributed by atoms with Crippen molar-refractivity contribution in [3.63, 3.8) is 0 Å². The normalized spacial score (nSPS) is 16.9. The van der Waals surface area contributed by atoms with Crippen molar-refractivity contribution in [3.05, 3.63) is 17.0 Å². The van der Waals surface area contributed by atoms with Gasteiger partial charge in [0.25, 0.3) is 0 Å². The van der Waals surface area contributed by atoms with Gasteiger partial charge in [0.1, 0.15) is 16.7 Å². The lowest BCUT2D eigenvalue weighted by atomic mass is 10.1. The maximum absolute atomic E-state index is 11.0. The molecule has 0 atom stereocenters. The third-order valence-electron chi connectivity index (χ3n) is 2.85. The summed E-state index contributed by atoms with van der Waals surface area (Å²) in [7, 11) is 0. The van der Waals surface area contributed by atoms with Gasteiger partial charge in [-0.3, -0.25) is 4.79 Å². The van der Waals surface area contributed by atoms with Crippen molar-refractivity contribution in [3.8, 4) is 0 Å². The molecular formula is C11H15BrN4O. The van der Waals surface area contributed by atoms with Crippen LogP contribution in [-0.2, 0) is 4.79 Å². The van der Waals surface area contributed by atoms with Crippen LogP contribution < -0.4 is 10.2 Å². The Kier molecular flexibility index (Phi) is 3.93. The van der Waals surface area contributed by atoms with Gasteiger partial charge in [-0.1, -0.05) is 0 Å². The molecule has 0 aliphatic carbocycles. The van der Waals surface area contributed by atoms with Crippen LogP contribution in [0.2, 0.25) is 0 Å². The monoisotopic (exact) mass is 298 g/mol. The van der Waals surface area contributed by atoms with E-state index in [1.165, 1.54) is 0 Å². The maximum atomic E-state index is 11.0. The van der Waals surface area contributed by atoms with Gasteiger partial charge in [0, 0.05) is 32.1 Å². The Bertz CT molecular complexity index is 404. The Hall–Kier alpha value is -1.17. The van der Waals surface area contributed by atoms with Gasteiger partial charge >= 0.3 is 0 Å². The van der Waals surface area contributed by atoms with E-state index >= 15 is 0 Å². The summed E-state index contributed by atoms with van der Waals surface area (Å²) < 4.78 is 0.798. The fourth-order valence-electron chi connectivity index (χ4n) is 2.04. The van der Waals surface area contributed by atoms with E-state index in [0.29, 0.717) is 6.04 Å². The predicted molar refractivity (Wildman–Crippen MR) is 68.8 cm³/mol. The standard InChI is InChI=1S/C11H15BrN4O/c1-8(17)15-9-2-4-16(5-3-9)11-6-10(12)13-7-14-11/h6-7,9H,2-5H2,1H3,(H,15,17). The second-order valence-corrected chi connectivity index (χ2v) is 4.97. The minimum absolute atomic E-state index is 0.0493. The van der Waals surface area contributed by atoms with E-state index in [1.54, 1.807) is 13.3 Å². The molecule has 2 rings (SSSR count). The number of hydrogen-bond acceptors (Lipinski definition) is 4. The zero-order chi connectivity index (χ0) is 12.3. The van der Waals surface area contributed by atoms with Crippen LogP contribution in [0.4, 0.5) is 5.82 Å². The lowest BCUT2D eigenvalue weighted by Gasteiger charge is -2.32. The highest BCUT2D eigenvalue weighted by Gasteiger charge is 2.20. The zero-order valence-electron chi connectivity index (χ0n) is 9.69. The van der Waals surface area contributed by atoms with E-state index in [2.05, 4.69) is 36.1 Å². The lowest BCUT2D eigenvalue weighted by Crippen LogP contribution is -2.44. The van der Waals surface area contributed by atoms with E-state index in [1.807, 2.05) is 6.07 Å². The summed E-state index contributed by atoms with van der Waals surface area (Å²) in [4.78, 5) is 21.4. The third kappa shape index (κ3) is 3.39. The molecule has 0 spiro atoms. The summed E-state index contributed by atoms with van der Waals surface area (Å²) >= 11 is 3.34. The molecule has 0 radical (unpaired) electrons. The van der Waals surface area contributed by atoms with Crippen LogP contribution in [0.15, 0.2) is 17.0 Å². The van der Waals surface area contributed by atoms with Crippen LogP contribution in [0.1, 0.15) is 19.8 Å². The van der Waals surface area contributed by atoms with Crippen LogP contribution >= 0.6 is 15.9 Å². The smallest absolute Gasteiger partial charge is 0.217 e. The highest BCUT2D eigenvalue weighted by Crippen LogP contribution is 2.19. The molecule has 92 valence electrons.